The second kappa shape index (κ2) is 14.1. The Hall–Kier alpha value is -1.06. The van der Waals surface area contributed by atoms with Gasteiger partial charge in [-0.2, -0.15) is 0 Å². The minimum Gasteiger partial charge on any atom is -0.497 e. The first-order valence-electron chi connectivity index (χ1n) is 11.0. The van der Waals surface area contributed by atoms with Crippen molar-refractivity contribution in [1.82, 2.24) is 15.5 Å². The molecular weight excluding hydrogens is 491 g/mol. The second-order valence-corrected chi connectivity index (χ2v) is 8.36. The molecule has 0 aliphatic heterocycles. The van der Waals surface area contributed by atoms with Crippen LogP contribution in [0.5, 0.6) is 5.75 Å². The zero-order valence-corrected chi connectivity index (χ0v) is 21.4. The van der Waals surface area contributed by atoms with E-state index in [1.54, 1.807) is 7.11 Å². The maximum absolute atomic E-state index is 9.56. The largest absolute Gasteiger partial charge is 0.497 e. The van der Waals surface area contributed by atoms with Gasteiger partial charge in [0.15, 0.2) is 5.96 Å². The van der Waals surface area contributed by atoms with Gasteiger partial charge in [0.2, 0.25) is 0 Å². The van der Waals surface area contributed by atoms with Gasteiger partial charge in [0.1, 0.15) is 5.75 Å². The normalized spacial score (nSPS) is 17.2. The molecule has 0 spiro atoms. The van der Waals surface area contributed by atoms with Gasteiger partial charge in [-0.1, -0.05) is 31.4 Å². The van der Waals surface area contributed by atoms with E-state index in [-0.39, 0.29) is 42.0 Å². The van der Waals surface area contributed by atoms with Gasteiger partial charge in [-0.25, -0.2) is 0 Å². The van der Waals surface area contributed by atoms with Crippen molar-refractivity contribution >= 4 is 29.9 Å². The smallest absolute Gasteiger partial charge is 0.191 e. The number of nitrogens with zero attached hydrogens (tertiary/aromatic N) is 2. The number of rotatable bonds is 10. The second-order valence-electron chi connectivity index (χ2n) is 8.36. The Labute approximate surface area is 199 Å². The third-order valence-electron chi connectivity index (χ3n) is 6.06. The molecule has 3 N–H and O–H groups in total. The number of guanidine groups is 1. The molecule has 0 bridgehead atoms. The molecule has 1 aromatic rings. The van der Waals surface area contributed by atoms with Crippen LogP contribution in [0.1, 0.15) is 57.1 Å². The van der Waals surface area contributed by atoms with Gasteiger partial charge >= 0.3 is 0 Å². The highest BCUT2D eigenvalue weighted by atomic mass is 127. The van der Waals surface area contributed by atoms with Gasteiger partial charge in [0.25, 0.3) is 0 Å². The summed E-state index contributed by atoms with van der Waals surface area (Å²) in [5.41, 5.74) is 1.40. The number of likely N-dealkylation sites (N-methyl/N-ethyl adjacent to an activating group) is 1. The van der Waals surface area contributed by atoms with E-state index in [0.29, 0.717) is 0 Å². The fourth-order valence-corrected chi connectivity index (χ4v) is 4.23. The van der Waals surface area contributed by atoms with Crippen LogP contribution >= 0.6 is 24.0 Å². The van der Waals surface area contributed by atoms with E-state index in [1.807, 2.05) is 12.1 Å². The molecule has 1 saturated carbocycles. The maximum Gasteiger partial charge on any atom is 0.191 e. The topological polar surface area (TPSA) is 69.1 Å². The molecule has 1 aliphatic rings. The van der Waals surface area contributed by atoms with Gasteiger partial charge in [-0.15, -0.1) is 24.0 Å². The molecule has 0 saturated heterocycles. The standard InChI is InChI=1S/C23H40N4O2.HI/c1-5-24-22(26-18-23(15-16-28)13-7-6-8-14-23)25-17-21(27(2)3)19-9-11-20(29-4)12-10-19;/h9-12,21,28H,5-8,13-18H2,1-4H3,(H2,24,25,26);1H. The van der Waals surface area contributed by atoms with Gasteiger partial charge in [0.05, 0.1) is 13.2 Å². The van der Waals surface area contributed by atoms with E-state index >= 15 is 0 Å². The van der Waals surface area contributed by atoms with Crippen molar-refractivity contribution in [3.63, 3.8) is 0 Å². The summed E-state index contributed by atoms with van der Waals surface area (Å²) in [5.74, 6) is 1.73. The third-order valence-corrected chi connectivity index (χ3v) is 6.06. The lowest BCUT2D eigenvalue weighted by Crippen LogP contribution is -2.42. The summed E-state index contributed by atoms with van der Waals surface area (Å²) >= 11 is 0. The Morgan fingerprint density at radius 2 is 1.83 bits per heavy atom. The Morgan fingerprint density at radius 1 is 1.17 bits per heavy atom. The number of hydrogen-bond donors (Lipinski definition) is 3. The van der Waals surface area contributed by atoms with Crippen LogP contribution in [0.4, 0.5) is 0 Å². The molecule has 1 unspecified atom stereocenters. The molecule has 6 nitrogen and oxygen atoms in total. The van der Waals surface area contributed by atoms with Crippen LogP contribution in [0, 0.1) is 5.41 Å². The molecule has 172 valence electrons. The molecule has 0 aromatic heterocycles. The first-order chi connectivity index (χ1) is 14.0. The minimum atomic E-state index is 0. The van der Waals surface area contributed by atoms with Gasteiger partial charge < -0.3 is 25.4 Å². The Bertz CT molecular complexity index is 611. The number of hydrogen-bond acceptors (Lipinski definition) is 4. The van der Waals surface area contributed by atoms with Crippen molar-refractivity contribution in [3.05, 3.63) is 29.8 Å². The molecule has 1 fully saturated rings. The zero-order chi connectivity index (χ0) is 21.1. The highest BCUT2D eigenvalue weighted by molar-refractivity contribution is 14.0. The zero-order valence-electron chi connectivity index (χ0n) is 19.1. The summed E-state index contributed by atoms with van der Waals surface area (Å²) in [6.45, 7) is 4.71. The molecule has 1 aliphatic carbocycles. The van der Waals surface area contributed by atoms with Crippen molar-refractivity contribution in [2.75, 3.05) is 47.4 Å². The summed E-state index contributed by atoms with van der Waals surface area (Å²) < 4.78 is 5.28. The van der Waals surface area contributed by atoms with Crippen molar-refractivity contribution in [3.8, 4) is 5.75 Å². The number of aliphatic hydroxyl groups excluding tert-OH is 1. The number of benzene rings is 1. The Kier molecular flexibility index (Phi) is 12.7. The fraction of sp³-hybridized carbons (Fsp3) is 0.696. The van der Waals surface area contributed by atoms with Crippen molar-refractivity contribution in [2.24, 2.45) is 10.4 Å². The summed E-state index contributed by atoms with van der Waals surface area (Å²) in [6, 6.07) is 8.48. The predicted molar refractivity (Wildman–Crippen MR) is 136 cm³/mol. The Morgan fingerprint density at radius 3 is 2.37 bits per heavy atom. The van der Waals surface area contributed by atoms with E-state index in [9.17, 15) is 5.11 Å². The van der Waals surface area contributed by atoms with Crippen LogP contribution in [0.25, 0.3) is 0 Å². The van der Waals surface area contributed by atoms with E-state index < -0.39 is 0 Å². The summed E-state index contributed by atoms with van der Waals surface area (Å²) in [7, 11) is 5.88. The van der Waals surface area contributed by atoms with Crippen LogP contribution < -0.4 is 15.4 Å². The van der Waals surface area contributed by atoms with Crippen molar-refractivity contribution < 1.29 is 9.84 Å². The van der Waals surface area contributed by atoms with Crippen molar-refractivity contribution in [1.29, 1.82) is 0 Å². The van der Waals surface area contributed by atoms with Crippen LogP contribution in [-0.2, 0) is 0 Å². The lowest BCUT2D eigenvalue weighted by Gasteiger charge is -2.36. The molecule has 0 amide bonds. The average molecular weight is 533 g/mol. The number of ether oxygens (including phenoxy) is 1. The summed E-state index contributed by atoms with van der Waals surface area (Å²) in [5, 5.41) is 16.5. The quantitative estimate of drug-likeness (QED) is 0.243. The van der Waals surface area contributed by atoms with E-state index in [2.05, 4.69) is 48.7 Å². The van der Waals surface area contributed by atoms with Gasteiger partial charge in [-0.05, 0) is 63.4 Å². The number of nitrogens with one attached hydrogen (secondary N) is 2. The summed E-state index contributed by atoms with van der Waals surface area (Å²) in [6.07, 6.45) is 6.99. The molecule has 1 atom stereocenters. The van der Waals surface area contributed by atoms with E-state index in [4.69, 9.17) is 9.73 Å². The number of methoxy groups -OCH3 is 1. The minimum absolute atomic E-state index is 0. The molecule has 1 aromatic carbocycles. The van der Waals surface area contributed by atoms with E-state index in [0.717, 1.165) is 37.8 Å². The molecule has 0 heterocycles. The molecule has 0 radical (unpaired) electrons. The monoisotopic (exact) mass is 532 g/mol. The lowest BCUT2D eigenvalue weighted by atomic mass is 9.72. The highest BCUT2D eigenvalue weighted by Gasteiger charge is 2.31. The van der Waals surface area contributed by atoms with Crippen LogP contribution in [0.15, 0.2) is 29.3 Å². The lowest BCUT2D eigenvalue weighted by molar-refractivity contribution is 0.137. The predicted octanol–water partition coefficient (Wildman–Crippen LogP) is 3.80. The fourth-order valence-electron chi connectivity index (χ4n) is 4.23. The molecule has 30 heavy (non-hydrogen) atoms. The highest BCUT2D eigenvalue weighted by Crippen LogP contribution is 2.39. The average Bonchev–Trinajstić information content (AvgIpc) is 2.73. The molecule has 7 heteroatoms. The van der Waals surface area contributed by atoms with Gasteiger partial charge in [-0.3, -0.25) is 4.99 Å². The molecular formula is C23H41IN4O2. The van der Waals surface area contributed by atoms with Gasteiger partial charge in [0, 0.05) is 26.2 Å². The third kappa shape index (κ3) is 8.23. The maximum atomic E-state index is 9.56. The first kappa shape index (κ1) is 27.0. The van der Waals surface area contributed by atoms with E-state index in [1.165, 1.54) is 37.7 Å². The molecule has 2 rings (SSSR count). The number of aliphatic hydroxyl groups is 1. The Balaban J connectivity index is 0.00000450. The van der Waals surface area contributed by atoms with Crippen LogP contribution in [-0.4, -0.2) is 63.4 Å². The number of halogens is 1. The van der Waals surface area contributed by atoms with Crippen LogP contribution in [0.2, 0.25) is 0 Å². The SMILES string of the molecule is CCNC(=NCC1(CCO)CCCCC1)NCC(c1ccc(OC)cc1)N(C)C.I. The summed E-state index contributed by atoms with van der Waals surface area (Å²) in [4.78, 5) is 7.14. The van der Waals surface area contributed by atoms with Crippen LogP contribution in [0.3, 0.4) is 0 Å². The first-order valence-corrected chi connectivity index (χ1v) is 11.0. The van der Waals surface area contributed by atoms with Crippen molar-refractivity contribution in [2.45, 2.75) is 51.5 Å². The number of aliphatic imine (C=N–C) groups is 1.